The molecular weight excluding hydrogens is 414 g/mol. The maximum Gasteiger partial charge on any atom is 0.355 e. The van der Waals surface area contributed by atoms with Crippen LogP contribution in [0, 0.1) is 0 Å². The zero-order valence-corrected chi connectivity index (χ0v) is 17.0. The predicted molar refractivity (Wildman–Crippen MR) is 107 cm³/mol. The van der Waals surface area contributed by atoms with Crippen molar-refractivity contribution < 1.29 is 33.3 Å². The summed E-state index contributed by atoms with van der Waals surface area (Å²) in [5, 5.41) is 0.504. The van der Waals surface area contributed by atoms with Crippen molar-refractivity contribution in [2.75, 3.05) is 32.5 Å². The second-order valence-electron chi connectivity index (χ2n) is 6.08. The van der Waals surface area contributed by atoms with Gasteiger partial charge in [0.15, 0.2) is 0 Å². The van der Waals surface area contributed by atoms with E-state index in [2.05, 4.69) is 0 Å². The van der Waals surface area contributed by atoms with E-state index in [1.165, 1.54) is 25.2 Å². The number of halogens is 1. The summed E-state index contributed by atoms with van der Waals surface area (Å²) in [6.45, 7) is -0.221. The molecule has 3 rings (SSSR count). The summed E-state index contributed by atoms with van der Waals surface area (Å²) in [4.78, 5) is 38.8. The molecular formula is C21H18ClNO7. The lowest BCUT2D eigenvalue weighted by Gasteiger charge is -2.32. The van der Waals surface area contributed by atoms with Crippen molar-refractivity contribution in [1.82, 2.24) is 0 Å². The zero-order valence-electron chi connectivity index (χ0n) is 16.2. The molecule has 0 fully saturated rings. The first-order chi connectivity index (χ1) is 14.5. The summed E-state index contributed by atoms with van der Waals surface area (Å²) >= 11 is 5.85. The Kier molecular flexibility index (Phi) is 6.71. The molecule has 0 aromatic heterocycles. The maximum atomic E-state index is 12.8. The Bertz CT molecular complexity index is 1000. The van der Waals surface area contributed by atoms with Crippen LogP contribution in [0.1, 0.15) is 10.4 Å². The van der Waals surface area contributed by atoms with E-state index in [0.29, 0.717) is 16.5 Å². The Morgan fingerprint density at radius 3 is 2.27 bits per heavy atom. The van der Waals surface area contributed by atoms with Crippen LogP contribution in [0.3, 0.4) is 0 Å². The van der Waals surface area contributed by atoms with Crippen LogP contribution < -0.4 is 9.64 Å². The molecule has 0 bridgehead atoms. The van der Waals surface area contributed by atoms with Crippen LogP contribution in [0.5, 0.6) is 5.75 Å². The van der Waals surface area contributed by atoms with Crippen molar-refractivity contribution in [2.45, 2.75) is 0 Å². The quantitative estimate of drug-likeness (QED) is 0.527. The number of nitrogens with zero attached hydrogens (tertiary/aromatic N) is 1. The van der Waals surface area contributed by atoms with Crippen molar-refractivity contribution >= 4 is 35.2 Å². The van der Waals surface area contributed by atoms with Gasteiger partial charge in [-0.25, -0.2) is 14.4 Å². The number of carbonyl (C=O) groups is 3. The monoisotopic (exact) mass is 431 g/mol. The number of hydrogen-bond acceptors (Lipinski definition) is 8. The van der Waals surface area contributed by atoms with E-state index in [0.717, 1.165) is 0 Å². The van der Waals surface area contributed by atoms with E-state index in [4.69, 9.17) is 30.5 Å². The van der Waals surface area contributed by atoms with Gasteiger partial charge in [-0.2, -0.15) is 0 Å². The Hall–Kier alpha value is -3.36. The van der Waals surface area contributed by atoms with Crippen molar-refractivity contribution in [3.05, 3.63) is 70.4 Å². The van der Waals surface area contributed by atoms with Crippen LogP contribution in [0.25, 0.3) is 0 Å². The second-order valence-corrected chi connectivity index (χ2v) is 6.51. The second kappa shape index (κ2) is 9.43. The fourth-order valence-corrected chi connectivity index (χ4v) is 3.01. The maximum absolute atomic E-state index is 12.8. The third-order valence-electron chi connectivity index (χ3n) is 4.27. The van der Waals surface area contributed by atoms with Crippen LogP contribution in [0.4, 0.5) is 5.69 Å². The van der Waals surface area contributed by atoms with E-state index in [-0.39, 0.29) is 30.2 Å². The smallest absolute Gasteiger partial charge is 0.355 e. The molecule has 0 saturated heterocycles. The van der Waals surface area contributed by atoms with Crippen molar-refractivity contribution in [3.63, 3.8) is 0 Å². The molecule has 1 aliphatic rings. The SMILES string of the molecule is COC(=O)C1=C(C(=O)OC)N(c2ccccc2C(=O)Oc2ccc(Cl)cc2)COC1. The molecule has 0 spiro atoms. The first-order valence-corrected chi connectivity index (χ1v) is 9.16. The molecule has 0 saturated carbocycles. The third-order valence-corrected chi connectivity index (χ3v) is 4.52. The molecule has 2 aromatic rings. The van der Waals surface area contributed by atoms with E-state index in [9.17, 15) is 14.4 Å². The molecule has 156 valence electrons. The molecule has 0 amide bonds. The van der Waals surface area contributed by atoms with Gasteiger partial charge in [-0.3, -0.25) is 0 Å². The average molecular weight is 432 g/mol. The number of hydrogen-bond donors (Lipinski definition) is 0. The van der Waals surface area contributed by atoms with Gasteiger partial charge in [0, 0.05) is 5.02 Å². The lowest BCUT2D eigenvalue weighted by atomic mass is 10.1. The molecule has 1 aliphatic heterocycles. The third kappa shape index (κ3) is 4.45. The van der Waals surface area contributed by atoms with Gasteiger partial charge in [-0.15, -0.1) is 0 Å². The minimum absolute atomic E-state index is 0.0172. The Labute approximate surface area is 177 Å². The summed E-state index contributed by atoms with van der Waals surface area (Å²) in [6, 6.07) is 12.8. The molecule has 0 aliphatic carbocycles. The zero-order chi connectivity index (χ0) is 21.7. The largest absolute Gasteiger partial charge is 0.466 e. The molecule has 0 unspecified atom stereocenters. The number of rotatable bonds is 5. The highest BCUT2D eigenvalue weighted by atomic mass is 35.5. The topological polar surface area (TPSA) is 91.4 Å². The molecule has 9 heteroatoms. The van der Waals surface area contributed by atoms with Crippen LogP contribution in [0.15, 0.2) is 59.8 Å². The molecule has 0 N–H and O–H groups in total. The van der Waals surface area contributed by atoms with Gasteiger partial charge in [0.2, 0.25) is 0 Å². The fraction of sp³-hybridized carbons (Fsp3) is 0.190. The number of anilines is 1. The summed E-state index contributed by atoms with van der Waals surface area (Å²) < 4.78 is 20.5. The van der Waals surface area contributed by atoms with E-state index >= 15 is 0 Å². The van der Waals surface area contributed by atoms with Crippen LogP contribution in [-0.4, -0.2) is 45.5 Å². The number of benzene rings is 2. The van der Waals surface area contributed by atoms with Crippen LogP contribution in [0.2, 0.25) is 5.02 Å². The van der Waals surface area contributed by atoms with Gasteiger partial charge in [0.05, 0.1) is 37.7 Å². The van der Waals surface area contributed by atoms with Crippen molar-refractivity contribution in [1.29, 1.82) is 0 Å². The van der Waals surface area contributed by atoms with E-state index < -0.39 is 17.9 Å². The number of methoxy groups -OCH3 is 2. The first-order valence-electron chi connectivity index (χ1n) is 8.78. The Morgan fingerprint density at radius 2 is 1.60 bits per heavy atom. The molecule has 1 heterocycles. The number of ether oxygens (including phenoxy) is 4. The fourth-order valence-electron chi connectivity index (χ4n) is 2.88. The summed E-state index contributed by atoms with van der Waals surface area (Å²) in [5.41, 5.74) is 0.375. The number of carbonyl (C=O) groups excluding carboxylic acids is 3. The predicted octanol–water partition coefficient (Wildman–Crippen LogP) is 2.95. The van der Waals surface area contributed by atoms with Gasteiger partial charge in [0.1, 0.15) is 18.2 Å². The van der Waals surface area contributed by atoms with Gasteiger partial charge >= 0.3 is 17.9 Å². The number of para-hydroxylation sites is 1. The minimum Gasteiger partial charge on any atom is -0.466 e. The Balaban J connectivity index is 2.02. The lowest BCUT2D eigenvalue weighted by Crippen LogP contribution is -2.39. The highest BCUT2D eigenvalue weighted by Gasteiger charge is 2.34. The van der Waals surface area contributed by atoms with Gasteiger partial charge in [0.25, 0.3) is 0 Å². The van der Waals surface area contributed by atoms with Gasteiger partial charge in [-0.05, 0) is 36.4 Å². The van der Waals surface area contributed by atoms with Crippen LogP contribution in [-0.2, 0) is 23.8 Å². The van der Waals surface area contributed by atoms with E-state index in [1.54, 1.807) is 42.5 Å². The van der Waals surface area contributed by atoms with Gasteiger partial charge in [-0.1, -0.05) is 23.7 Å². The average Bonchev–Trinajstić information content (AvgIpc) is 2.79. The summed E-state index contributed by atoms with van der Waals surface area (Å²) in [7, 11) is 2.39. The molecule has 0 atom stereocenters. The van der Waals surface area contributed by atoms with Crippen molar-refractivity contribution in [3.8, 4) is 5.75 Å². The summed E-state index contributed by atoms with van der Waals surface area (Å²) in [5.74, 6) is -1.86. The lowest BCUT2D eigenvalue weighted by molar-refractivity contribution is -0.140. The molecule has 8 nitrogen and oxygen atoms in total. The normalized spacial score (nSPS) is 13.6. The molecule has 30 heavy (non-hydrogen) atoms. The highest BCUT2D eigenvalue weighted by Crippen LogP contribution is 2.30. The van der Waals surface area contributed by atoms with Crippen LogP contribution >= 0.6 is 11.6 Å². The van der Waals surface area contributed by atoms with Gasteiger partial charge < -0.3 is 23.8 Å². The first kappa shape index (κ1) is 21.4. The standard InChI is InChI=1S/C21H18ClNO7/c1-27-19(24)16-11-29-12-23(18(16)21(26)28-2)17-6-4-3-5-15(17)20(25)30-14-9-7-13(22)8-10-14/h3-10H,11-12H2,1-2H3. The minimum atomic E-state index is -0.764. The molecule has 0 radical (unpaired) electrons. The Morgan fingerprint density at radius 1 is 0.933 bits per heavy atom. The summed E-state index contributed by atoms with van der Waals surface area (Å²) in [6.07, 6.45) is 0. The highest BCUT2D eigenvalue weighted by molar-refractivity contribution is 6.30. The van der Waals surface area contributed by atoms with Crippen molar-refractivity contribution in [2.24, 2.45) is 0 Å². The number of esters is 3. The van der Waals surface area contributed by atoms with E-state index in [1.807, 2.05) is 0 Å². The molecule has 2 aromatic carbocycles.